The molecule has 2 aromatic carbocycles. The molecule has 0 fully saturated rings. The highest BCUT2D eigenvalue weighted by Gasteiger charge is 2.11. The van der Waals surface area contributed by atoms with Gasteiger partial charge >= 0.3 is 0 Å². The summed E-state index contributed by atoms with van der Waals surface area (Å²) in [6.07, 6.45) is 4.98. The van der Waals surface area contributed by atoms with E-state index in [4.69, 9.17) is 9.47 Å². The first-order valence-corrected chi connectivity index (χ1v) is 10.4. The minimum absolute atomic E-state index is 0.0882. The number of unbranched alkanes of at least 4 members (excludes halogenated alkanes) is 1. The van der Waals surface area contributed by atoms with Crippen molar-refractivity contribution in [2.75, 3.05) is 24.4 Å². The van der Waals surface area contributed by atoms with Gasteiger partial charge in [-0.3, -0.25) is 14.6 Å². The monoisotopic (exact) mass is 433 g/mol. The average molecular weight is 434 g/mol. The van der Waals surface area contributed by atoms with E-state index in [1.54, 1.807) is 36.5 Å². The first kappa shape index (κ1) is 22.8. The summed E-state index contributed by atoms with van der Waals surface area (Å²) >= 11 is 0. The van der Waals surface area contributed by atoms with E-state index in [1.165, 1.54) is 13.3 Å². The topological polar surface area (TPSA) is 89.5 Å². The number of amides is 2. The number of nitrogens with zero attached hydrogens (tertiary/aromatic N) is 1. The predicted molar refractivity (Wildman–Crippen MR) is 124 cm³/mol. The summed E-state index contributed by atoms with van der Waals surface area (Å²) in [5, 5.41) is 5.66. The van der Waals surface area contributed by atoms with E-state index in [2.05, 4.69) is 15.6 Å². The molecule has 3 aromatic rings. The molecule has 0 unspecified atom stereocenters. The van der Waals surface area contributed by atoms with E-state index in [-0.39, 0.29) is 11.8 Å². The molecule has 0 saturated heterocycles. The summed E-state index contributed by atoms with van der Waals surface area (Å²) in [7, 11) is 1.51. The Balaban J connectivity index is 1.45. The van der Waals surface area contributed by atoms with Crippen LogP contribution in [0.15, 0.2) is 67.0 Å². The van der Waals surface area contributed by atoms with Crippen molar-refractivity contribution in [2.45, 2.75) is 26.2 Å². The number of benzene rings is 2. The Morgan fingerprint density at radius 1 is 1.00 bits per heavy atom. The van der Waals surface area contributed by atoms with Gasteiger partial charge in [0, 0.05) is 30.6 Å². The van der Waals surface area contributed by atoms with Gasteiger partial charge in [-0.2, -0.15) is 0 Å². The van der Waals surface area contributed by atoms with E-state index in [0.717, 1.165) is 17.7 Å². The molecule has 7 nitrogen and oxygen atoms in total. The van der Waals surface area contributed by atoms with E-state index >= 15 is 0 Å². The number of aromatic nitrogens is 1. The number of anilines is 2. The lowest BCUT2D eigenvalue weighted by Gasteiger charge is -2.13. The molecule has 3 rings (SSSR count). The number of aryl methyl sites for hydroxylation is 1. The van der Waals surface area contributed by atoms with Crippen molar-refractivity contribution in [3.05, 3.63) is 78.1 Å². The molecule has 0 radical (unpaired) electrons. The van der Waals surface area contributed by atoms with Gasteiger partial charge in [0.2, 0.25) is 5.91 Å². The molecule has 0 aliphatic rings. The largest absolute Gasteiger partial charge is 0.494 e. The molecule has 0 aliphatic carbocycles. The molecule has 1 aromatic heterocycles. The van der Waals surface area contributed by atoms with Gasteiger partial charge in [-0.1, -0.05) is 12.1 Å². The Bertz CT molecular complexity index is 1050. The second-order valence-corrected chi connectivity index (χ2v) is 7.28. The SMILES string of the molecule is COc1cc(NC(=O)CCCCOc2cccc(C)c2)ccc1NC(=O)c1cccnc1. The van der Waals surface area contributed by atoms with E-state index < -0.39 is 0 Å². The number of rotatable bonds is 10. The Hall–Kier alpha value is -3.87. The van der Waals surface area contributed by atoms with Crippen LogP contribution in [0.4, 0.5) is 11.4 Å². The first-order valence-electron chi connectivity index (χ1n) is 10.4. The number of carbonyl (C=O) groups excluding carboxylic acids is 2. The average Bonchev–Trinajstić information content (AvgIpc) is 2.80. The lowest BCUT2D eigenvalue weighted by Crippen LogP contribution is -2.14. The Morgan fingerprint density at radius 3 is 2.62 bits per heavy atom. The maximum atomic E-state index is 12.3. The molecular formula is C25H27N3O4. The van der Waals surface area contributed by atoms with Crippen molar-refractivity contribution in [1.82, 2.24) is 4.98 Å². The van der Waals surface area contributed by atoms with Crippen LogP contribution in [0.5, 0.6) is 11.5 Å². The number of ether oxygens (including phenoxy) is 2. The lowest BCUT2D eigenvalue weighted by atomic mass is 10.2. The van der Waals surface area contributed by atoms with Crippen LogP contribution in [0.2, 0.25) is 0 Å². The van der Waals surface area contributed by atoms with Crippen molar-refractivity contribution >= 4 is 23.2 Å². The van der Waals surface area contributed by atoms with Crippen LogP contribution < -0.4 is 20.1 Å². The number of pyridine rings is 1. The Labute approximate surface area is 187 Å². The zero-order valence-corrected chi connectivity index (χ0v) is 18.3. The number of methoxy groups -OCH3 is 1. The highest BCUT2D eigenvalue weighted by molar-refractivity contribution is 6.05. The Morgan fingerprint density at radius 2 is 1.88 bits per heavy atom. The van der Waals surface area contributed by atoms with Gasteiger partial charge in [0.15, 0.2) is 0 Å². The first-order chi connectivity index (χ1) is 15.5. The molecule has 2 N–H and O–H groups in total. The van der Waals surface area contributed by atoms with Gasteiger partial charge in [0.1, 0.15) is 11.5 Å². The van der Waals surface area contributed by atoms with Gasteiger partial charge in [-0.05, 0) is 61.7 Å². The van der Waals surface area contributed by atoms with Gasteiger partial charge in [-0.25, -0.2) is 0 Å². The summed E-state index contributed by atoms with van der Waals surface area (Å²) in [5.41, 5.74) is 2.70. The fourth-order valence-electron chi connectivity index (χ4n) is 3.07. The Kier molecular flexibility index (Phi) is 8.20. The zero-order valence-electron chi connectivity index (χ0n) is 18.3. The molecule has 0 aliphatic heterocycles. The second-order valence-electron chi connectivity index (χ2n) is 7.28. The third-order valence-electron chi connectivity index (χ3n) is 4.71. The standard InChI is InChI=1S/C25H27N3O4/c1-18-7-5-9-21(15-18)32-14-4-3-10-24(29)27-20-11-12-22(23(16-20)31-2)28-25(30)19-8-6-13-26-17-19/h5-9,11-13,15-17H,3-4,10,14H2,1-2H3,(H,27,29)(H,28,30). The van der Waals surface area contributed by atoms with Crippen molar-refractivity contribution in [3.8, 4) is 11.5 Å². The highest BCUT2D eigenvalue weighted by atomic mass is 16.5. The lowest BCUT2D eigenvalue weighted by molar-refractivity contribution is -0.116. The third-order valence-corrected chi connectivity index (χ3v) is 4.71. The number of hydrogen-bond acceptors (Lipinski definition) is 5. The van der Waals surface area contributed by atoms with Crippen molar-refractivity contribution in [2.24, 2.45) is 0 Å². The van der Waals surface area contributed by atoms with Crippen LogP contribution >= 0.6 is 0 Å². The minimum atomic E-state index is -0.291. The quantitative estimate of drug-likeness (QED) is 0.447. The van der Waals surface area contributed by atoms with E-state index in [1.807, 2.05) is 31.2 Å². The smallest absolute Gasteiger partial charge is 0.257 e. The summed E-state index contributed by atoms with van der Waals surface area (Å²) in [4.78, 5) is 28.5. The molecule has 0 spiro atoms. The zero-order chi connectivity index (χ0) is 22.8. The summed E-state index contributed by atoms with van der Waals surface area (Å²) in [6.45, 7) is 2.59. The van der Waals surface area contributed by atoms with Crippen molar-refractivity contribution < 1.29 is 19.1 Å². The van der Waals surface area contributed by atoms with Gasteiger partial charge < -0.3 is 20.1 Å². The third kappa shape index (κ3) is 6.84. The molecule has 1 heterocycles. The van der Waals surface area contributed by atoms with Crippen LogP contribution in [-0.4, -0.2) is 30.5 Å². The van der Waals surface area contributed by atoms with Crippen LogP contribution in [-0.2, 0) is 4.79 Å². The van der Waals surface area contributed by atoms with E-state index in [9.17, 15) is 9.59 Å². The fourth-order valence-corrected chi connectivity index (χ4v) is 3.07. The van der Waals surface area contributed by atoms with Gasteiger partial charge in [-0.15, -0.1) is 0 Å². The maximum absolute atomic E-state index is 12.3. The predicted octanol–water partition coefficient (Wildman–Crippen LogP) is 4.84. The molecule has 0 saturated carbocycles. The maximum Gasteiger partial charge on any atom is 0.257 e. The molecule has 0 bridgehead atoms. The molecule has 32 heavy (non-hydrogen) atoms. The molecule has 166 valence electrons. The van der Waals surface area contributed by atoms with Crippen LogP contribution in [0, 0.1) is 6.92 Å². The molecule has 7 heteroatoms. The van der Waals surface area contributed by atoms with Crippen molar-refractivity contribution in [1.29, 1.82) is 0 Å². The summed E-state index contributed by atoms with van der Waals surface area (Å²) < 4.78 is 11.1. The highest BCUT2D eigenvalue weighted by Crippen LogP contribution is 2.28. The number of hydrogen-bond donors (Lipinski definition) is 2. The minimum Gasteiger partial charge on any atom is -0.494 e. The molecular weight excluding hydrogens is 406 g/mol. The summed E-state index contributed by atoms with van der Waals surface area (Å²) in [5.74, 6) is 0.916. The van der Waals surface area contributed by atoms with Gasteiger partial charge in [0.05, 0.1) is 25.0 Å². The summed E-state index contributed by atoms with van der Waals surface area (Å²) in [6, 6.07) is 16.4. The van der Waals surface area contributed by atoms with Crippen LogP contribution in [0.3, 0.4) is 0 Å². The fraction of sp³-hybridized carbons (Fsp3) is 0.240. The molecule has 2 amide bonds. The van der Waals surface area contributed by atoms with E-state index in [0.29, 0.717) is 42.1 Å². The van der Waals surface area contributed by atoms with Crippen molar-refractivity contribution in [3.63, 3.8) is 0 Å². The second kappa shape index (κ2) is 11.5. The normalized spacial score (nSPS) is 10.3. The number of nitrogens with one attached hydrogen (secondary N) is 2. The van der Waals surface area contributed by atoms with Gasteiger partial charge in [0.25, 0.3) is 5.91 Å². The van der Waals surface area contributed by atoms with Crippen LogP contribution in [0.1, 0.15) is 35.2 Å². The number of carbonyl (C=O) groups is 2. The van der Waals surface area contributed by atoms with Crippen LogP contribution in [0.25, 0.3) is 0 Å². The molecule has 0 atom stereocenters.